The summed E-state index contributed by atoms with van der Waals surface area (Å²) in [6.07, 6.45) is 4.09. The van der Waals surface area contributed by atoms with Crippen LogP contribution in [-0.4, -0.2) is 12.3 Å². The van der Waals surface area contributed by atoms with Crippen molar-refractivity contribution in [2.24, 2.45) is 16.5 Å². The molecule has 0 saturated heterocycles. The molecule has 3 nitrogen and oxygen atoms in total. The highest BCUT2D eigenvalue weighted by atomic mass is 14.7. The molecule has 3 heteroatoms. The number of rotatable bonds is 4. The predicted molar refractivity (Wildman–Crippen MR) is 65.1 cm³/mol. The lowest BCUT2D eigenvalue weighted by atomic mass is 10.1. The number of benzene rings is 1. The number of para-hydroxylation sites is 1. The van der Waals surface area contributed by atoms with Gasteiger partial charge in [-0.2, -0.15) is 0 Å². The van der Waals surface area contributed by atoms with Crippen LogP contribution in [0.4, 0.5) is 5.69 Å². The quantitative estimate of drug-likeness (QED) is 0.735. The first-order valence-corrected chi connectivity index (χ1v) is 5.04. The summed E-state index contributed by atoms with van der Waals surface area (Å²) < 4.78 is 0. The highest BCUT2D eigenvalue weighted by Gasteiger charge is 2.02. The molecule has 1 atom stereocenters. The molecule has 0 heterocycles. The van der Waals surface area contributed by atoms with E-state index in [0.29, 0.717) is 0 Å². The number of nitrogens with zero attached hydrogens (tertiary/aromatic N) is 1. The minimum Gasteiger partial charge on any atom is -0.404 e. The molecule has 0 aliphatic heterocycles. The first-order chi connectivity index (χ1) is 7.27. The maximum Gasteiger partial charge on any atom is 0.0629 e. The average Bonchev–Trinajstić information content (AvgIpc) is 2.31. The maximum atomic E-state index is 5.85. The lowest BCUT2D eigenvalue weighted by Gasteiger charge is -2.07. The van der Waals surface area contributed by atoms with Crippen molar-refractivity contribution >= 4 is 11.9 Å². The minimum atomic E-state index is -0.0394. The van der Waals surface area contributed by atoms with E-state index in [4.69, 9.17) is 11.5 Å². The molecule has 15 heavy (non-hydrogen) atoms. The molecule has 1 aromatic rings. The fraction of sp³-hybridized carbons (Fsp3) is 0.250. The van der Waals surface area contributed by atoms with Crippen LogP contribution in [0.1, 0.15) is 13.3 Å². The van der Waals surface area contributed by atoms with E-state index < -0.39 is 0 Å². The summed E-state index contributed by atoms with van der Waals surface area (Å²) in [7, 11) is 0. The highest BCUT2D eigenvalue weighted by molar-refractivity contribution is 5.82. The van der Waals surface area contributed by atoms with Crippen molar-refractivity contribution in [3.63, 3.8) is 0 Å². The van der Waals surface area contributed by atoms with Gasteiger partial charge in [-0.1, -0.05) is 25.1 Å². The van der Waals surface area contributed by atoms with Crippen LogP contribution < -0.4 is 11.5 Å². The SMILES string of the molecule is CCC(N)C(C=Nc1ccccc1)=CN. The summed E-state index contributed by atoms with van der Waals surface area (Å²) in [6.45, 7) is 2.02. The molecule has 0 bridgehead atoms. The summed E-state index contributed by atoms with van der Waals surface area (Å²) >= 11 is 0. The van der Waals surface area contributed by atoms with E-state index in [-0.39, 0.29) is 6.04 Å². The van der Waals surface area contributed by atoms with Gasteiger partial charge in [0.15, 0.2) is 0 Å². The molecule has 0 fully saturated rings. The molecular formula is C12H17N3. The predicted octanol–water partition coefficient (Wildman–Crippen LogP) is 1.97. The van der Waals surface area contributed by atoms with Crippen LogP contribution in [0.25, 0.3) is 0 Å². The Balaban J connectivity index is 2.72. The van der Waals surface area contributed by atoms with Crippen molar-refractivity contribution < 1.29 is 0 Å². The molecule has 0 saturated carbocycles. The Bertz CT molecular complexity index is 341. The molecule has 0 aromatic heterocycles. The number of hydrogen-bond acceptors (Lipinski definition) is 3. The zero-order chi connectivity index (χ0) is 11.1. The topological polar surface area (TPSA) is 64.4 Å². The van der Waals surface area contributed by atoms with E-state index >= 15 is 0 Å². The van der Waals surface area contributed by atoms with Crippen LogP contribution in [0.15, 0.2) is 47.1 Å². The van der Waals surface area contributed by atoms with Crippen LogP contribution in [0.5, 0.6) is 0 Å². The summed E-state index contributed by atoms with van der Waals surface area (Å²) in [5.41, 5.74) is 13.1. The van der Waals surface area contributed by atoms with Gasteiger partial charge in [0.1, 0.15) is 0 Å². The third-order valence-electron chi connectivity index (χ3n) is 2.18. The Morgan fingerprint density at radius 3 is 2.60 bits per heavy atom. The summed E-state index contributed by atoms with van der Waals surface area (Å²) in [4.78, 5) is 4.29. The standard InChI is InChI=1S/C12H17N3/c1-2-12(14)10(8-13)9-15-11-6-4-3-5-7-11/h3-9,12H,2,13-14H2,1H3. The van der Waals surface area contributed by atoms with Crippen molar-refractivity contribution in [1.29, 1.82) is 0 Å². The van der Waals surface area contributed by atoms with E-state index in [1.807, 2.05) is 37.3 Å². The Morgan fingerprint density at radius 1 is 1.40 bits per heavy atom. The number of nitrogens with two attached hydrogens (primary N) is 2. The molecule has 1 rings (SSSR count). The maximum absolute atomic E-state index is 5.85. The van der Waals surface area contributed by atoms with Gasteiger partial charge in [0.2, 0.25) is 0 Å². The molecule has 0 aliphatic rings. The Kier molecular flexibility index (Phi) is 4.57. The van der Waals surface area contributed by atoms with Gasteiger partial charge in [0.05, 0.1) is 5.69 Å². The second kappa shape index (κ2) is 5.98. The van der Waals surface area contributed by atoms with Crippen LogP contribution in [0.2, 0.25) is 0 Å². The largest absolute Gasteiger partial charge is 0.404 e. The molecule has 0 aliphatic carbocycles. The van der Waals surface area contributed by atoms with Gasteiger partial charge in [-0.25, -0.2) is 0 Å². The minimum absolute atomic E-state index is 0.0394. The van der Waals surface area contributed by atoms with E-state index in [9.17, 15) is 0 Å². The van der Waals surface area contributed by atoms with Gasteiger partial charge in [-0.05, 0) is 18.6 Å². The van der Waals surface area contributed by atoms with E-state index in [0.717, 1.165) is 17.7 Å². The molecule has 4 N–H and O–H groups in total. The fourth-order valence-corrected chi connectivity index (χ4v) is 1.16. The van der Waals surface area contributed by atoms with Gasteiger partial charge in [0.25, 0.3) is 0 Å². The Morgan fingerprint density at radius 2 is 2.07 bits per heavy atom. The lowest BCUT2D eigenvalue weighted by molar-refractivity contribution is 0.763. The Hall–Kier alpha value is -1.61. The molecule has 0 radical (unpaired) electrons. The smallest absolute Gasteiger partial charge is 0.0629 e. The van der Waals surface area contributed by atoms with Gasteiger partial charge in [0, 0.05) is 24.0 Å². The second-order valence-electron chi connectivity index (χ2n) is 3.28. The fourth-order valence-electron chi connectivity index (χ4n) is 1.16. The van der Waals surface area contributed by atoms with Gasteiger partial charge in [-0.3, -0.25) is 4.99 Å². The van der Waals surface area contributed by atoms with E-state index in [1.165, 1.54) is 6.20 Å². The van der Waals surface area contributed by atoms with Crippen LogP contribution >= 0.6 is 0 Å². The van der Waals surface area contributed by atoms with E-state index in [1.54, 1.807) is 6.21 Å². The summed E-state index contributed by atoms with van der Waals surface area (Å²) in [6, 6.07) is 9.67. The van der Waals surface area contributed by atoms with Gasteiger partial charge < -0.3 is 11.5 Å². The monoisotopic (exact) mass is 203 g/mol. The third kappa shape index (κ3) is 3.56. The van der Waals surface area contributed by atoms with Crippen LogP contribution in [-0.2, 0) is 0 Å². The van der Waals surface area contributed by atoms with Crippen molar-refractivity contribution in [3.8, 4) is 0 Å². The second-order valence-corrected chi connectivity index (χ2v) is 3.28. The Labute approximate surface area is 90.5 Å². The zero-order valence-corrected chi connectivity index (χ0v) is 8.93. The van der Waals surface area contributed by atoms with Crippen LogP contribution in [0.3, 0.4) is 0 Å². The average molecular weight is 203 g/mol. The normalized spacial score (nSPS) is 14.4. The number of aliphatic imine (C=N–C) groups is 1. The van der Waals surface area contributed by atoms with Crippen molar-refractivity contribution in [1.82, 2.24) is 0 Å². The van der Waals surface area contributed by atoms with Gasteiger partial charge >= 0.3 is 0 Å². The molecule has 80 valence electrons. The van der Waals surface area contributed by atoms with Crippen molar-refractivity contribution in [3.05, 3.63) is 42.1 Å². The molecule has 1 unspecified atom stereocenters. The first-order valence-electron chi connectivity index (χ1n) is 5.04. The highest BCUT2D eigenvalue weighted by Crippen LogP contribution is 2.10. The van der Waals surface area contributed by atoms with Gasteiger partial charge in [-0.15, -0.1) is 0 Å². The summed E-state index contributed by atoms with van der Waals surface area (Å²) in [5.74, 6) is 0. The lowest BCUT2D eigenvalue weighted by Crippen LogP contribution is -2.23. The van der Waals surface area contributed by atoms with Crippen molar-refractivity contribution in [2.45, 2.75) is 19.4 Å². The third-order valence-corrected chi connectivity index (χ3v) is 2.18. The van der Waals surface area contributed by atoms with Crippen molar-refractivity contribution in [2.75, 3.05) is 0 Å². The first kappa shape index (κ1) is 11.5. The molecule has 1 aromatic carbocycles. The van der Waals surface area contributed by atoms with Crippen LogP contribution in [0, 0.1) is 0 Å². The molecular weight excluding hydrogens is 186 g/mol. The summed E-state index contributed by atoms with van der Waals surface area (Å²) in [5, 5.41) is 0. The number of hydrogen-bond donors (Lipinski definition) is 2. The van der Waals surface area contributed by atoms with E-state index in [2.05, 4.69) is 4.99 Å². The molecule has 0 amide bonds. The zero-order valence-electron chi connectivity index (χ0n) is 8.93. The molecule has 0 spiro atoms.